The number of hydrogen-bond donors (Lipinski definition) is 3. The van der Waals surface area contributed by atoms with E-state index in [0.29, 0.717) is 23.4 Å². The molecule has 2 rings (SSSR count). The Morgan fingerprint density at radius 2 is 1.68 bits per heavy atom. The van der Waals surface area contributed by atoms with E-state index >= 15 is 0 Å². The van der Waals surface area contributed by atoms with E-state index in [0.717, 1.165) is 25.0 Å². The molecule has 31 heavy (non-hydrogen) atoms. The summed E-state index contributed by atoms with van der Waals surface area (Å²) in [6, 6.07) is 13.9. The molecule has 2 aromatic carbocycles. The van der Waals surface area contributed by atoms with Crippen LogP contribution in [0.2, 0.25) is 0 Å². The number of nitrogens with one attached hydrogen (secondary N) is 3. The van der Waals surface area contributed by atoms with Crippen molar-refractivity contribution in [3.05, 3.63) is 59.7 Å². The molecule has 0 fully saturated rings. The lowest BCUT2D eigenvalue weighted by Crippen LogP contribution is -2.40. The van der Waals surface area contributed by atoms with Gasteiger partial charge in [-0.25, -0.2) is 0 Å². The fraction of sp³-hybridized carbons (Fsp3) is 0.375. The molecule has 0 aliphatic rings. The third-order valence-corrected chi connectivity index (χ3v) is 4.44. The summed E-state index contributed by atoms with van der Waals surface area (Å²) in [5, 5.41) is 8.66. The van der Waals surface area contributed by atoms with Crippen molar-refractivity contribution >= 4 is 34.8 Å². The summed E-state index contributed by atoms with van der Waals surface area (Å²) >= 11 is 5.25. The van der Waals surface area contributed by atoms with Gasteiger partial charge in [0.25, 0.3) is 11.8 Å². The zero-order valence-electron chi connectivity index (χ0n) is 18.6. The van der Waals surface area contributed by atoms with Crippen LogP contribution in [0.1, 0.15) is 67.7 Å². The topological polar surface area (TPSA) is 79.5 Å². The van der Waals surface area contributed by atoms with E-state index in [-0.39, 0.29) is 22.5 Å². The number of rotatable bonds is 8. The molecule has 0 saturated carbocycles. The Labute approximate surface area is 189 Å². The SMILES string of the molecule is CCCCCOc1ccc(C(=O)NC(=S)Nc2cccc(C(=O)NC(C)(C)C)c2)cc1. The first kappa shape index (κ1) is 24.3. The first-order chi connectivity index (χ1) is 14.7. The molecule has 0 unspecified atom stereocenters. The van der Waals surface area contributed by atoms with Crippen LogP contribution in [-0.4, -0.2) is 29.1 Å². The fourth-order valence-electron chi connectivity index (χ4n) is 2.73. The van der Waals surface area contributed by atoms with Crippen LogP contribution < -0.4 is 20.7 Å². The Kier molecular flexibility index (Phi) is 9.00. The van der Waals surface area contributed by atoms with Gasteiger partial charge in [0.05, 0.1) is 6.61 Å². The summed E-state index contributed by atoms with van der Waals surface area (Å²) in [6.07, 6.45) is 3.29. The summed E-state index contributed by atoms with van der Waals surface area (Å²) in [7, 11) is 0. The van der Waals surface area contributed by atoms with Gasteiger partial charge in [-0.1, -0.05) is 25.8 Å². The molecule has 0 aromatic heterocycles. The maximum atomic E-state index is 12.4. The van der Waals surface area contributed by atoms with Gasteiger partial charge in [-0.05, 0) is 81.9 Å². The van der Waals surface area contributed by atoms with Crippen molar-refractivity contribution in [1.82, 2.24) is 10.6 Å². The number of amides is 2. The third kappa shape index (κ3) is 8.76. The van der Waals surface area contributed by atoms with Crippen molar-refractivity contribution in [3.63, 3.8) is 0 Å². The minimum absolute atomic E-state index is 0.151. The Morgan fingerprint density at radius 3 is 2.32 bits per heavy atom. The molecule has 7 heteroatoms. The molecule has 2 amide bonds. The molecule has 0 bridgehead atoms. The number of hydrogen-bond acceptors (Lipinski definition) is 4. The minimum Gasteiger partial charge on any atom is -0.494 e. The Balaban J connectivity index is 1.90. The smallest absolute Gasteiger partial charge is 0.257 e. The predicted octanol–water partition coefficient (Wildman–Crippen LogP) is 4.91. The van der Waals surface area contributed by atoms with Gasteiger partial charge in [0.1, 0.15) is 5.75 Å². The van der Waals surface area contributed by atoms with Crippen molar-refractivity contribution in [1.29, 1.82) is 0 Å². The van der Waals surface area contributed by atoms with Gasteiger partial charge in [0.15, 0.2) is 5.11 Å². The van der Waals surface area contributed by atoms with Crippen LogP contribution in [0.25, 0.3) is 0 Å². The van der Waals surface area contributed by atoms with Crippen molar-refractivity contribution in [2.75, 3.05) is 11.9 Å². The highest BCUT2D eigenvalue weighted by molar-refractivity contribution is 7.80. The molecule has 0 radical (unpaired) electrons. The summed E-state index contributed by atoms with van der Waals surface area (Å²) in [6.45, 7) is 8.57. The Bertz CT molecular complexity index is 905. The van der Waals surface area contributed by atoms with E-state index < -0.39 is 0 Å². The number of carbonyl (C=O) groups excluding carboxylic acids is 2. The molecule has 3 N–H and O–H groups in total. The Hall–Kier alpha value is -2.93. The van der Waals surface area contributed by atoms with Crippen LogP contribution in [0, 0.1) is 0 Å². The first-order valence-electron chi connectivity index (χ1n) is 10.5. The lowest BCUT2D eigenvalue weighted by atomic mass is 10.1. The second kappa shape index (κ2) is 11.5. The molecule has 0 saturated heterocycles. The quantitative estimate of drug-likeness (QED) is 0.401. The molecule has 0 heterocycles. The molecule has 6 nitrogen and oxygen atoms in total. The standard InChI is InChI=1S/C24H31N3O3S/c1-5-6-7-15-30-20-13-11-17(12-14-20)21(28)26-23(31)25-19-10-8-9-18(16-19)22(29)27-24(2,3)4/h8-14,16H,5-7,15H2,1-4H3,(H,27,29)(H2,25,26,28,31). The maximum absolute atomic E-state index is 12.4. The molecule has 2 aromatic rings. The van der Waals surface area contributed by atoms with E-state index in [1.54, 1.807) is 48.5 Å². The van der Waals surface area contributed by atoms with E-state index in [4.69, 9.17) is 17.0 Å². The van der Waals surface area contributed by atoms with Gasteiger partial charge >= 0.3 is 0 Å². The number of thiocarbonyl (C=S) groups is 1. The van der Waals surface area contributed by atoms with Gasteiger partial charge < -0.3 is 15.4 Å². The van der Waals surface area contributed by atoms with Crippen LogP contribution in [0.4, 0.5) is 5.69 Å². The lowest BCUT2D eigenvalue weighted by Gasteiger charge is -2.20. The fourth-order valence-corrected chi connectivity index (χ4v) is 2.94. The second-order valence-corrected chi connectivity index (χ2v) is 8.68. The van der Waals surface area contributed by atoms with Gasteiger partial charge in [-0.3, -0.25) is 14.9 Å². The van der Waals surface area contributed by atoms with Crippen LogP contribution in [-0.2, 0) is 0 Å². The number of ether oxygens (including phenoxy) is 1. The zero-order chi connectivity index (χ0) is 22.9. The molecule has 0 atom stereocenters. The van der Waals surface area contributed by atoms with Crippen molar-refractivity contribution < 1.29 is 14.3 Å². The van der Waals surface area contributed by atoms with E-state index in [9.17, 15) is 9.59 Å². The highest BCUT2D eigenvalue weighted by Crippen LogP contribution is 2.14. The molecule has 0 aliphatic heterocycles. The Morgan fingerprint density at radius 1 is 0.968 bits per heavy atom. The van der Waals surface area contributed by atoms with Crippen LogP contribution in [0.5, 0.6) is 5.75 Å². The highest BCUT2D eigenvalue weighted by Gasteiger charge is 2.16. The predicted molar refractivity (Wildman–Crippen MR) is 129 cm³/mol. The summed E-state index contributed by atoms with van der Waals surface area (Å²) in [5.74, 6) is 0.235. The van der Waals surface area contributed by atoms with Gasteiger partial charge in [0.2, 0.25) is 0 Å². The molecular weight excluding hydrogens is 410 g/mol. The second-order valence-electron chi connectivity index (χ2n) is 8.27. The van der Waals surface area contributed by atoms with Crippen molar-refractivity contribution in [3.8, 4) is 5.75 Å². The number of carbonyl (C=O) groups is 2. The average Bonchev–Trinajstić information content (AvgIpc) is 2.70. The molecule has 0 spiro atoms. The summed E-state index contributed by atoms with van der Waals surface area (Å²) in [4.78, 5) is 24.8. The van der Waals surface area contributed by atoms with Gasteiger partial charge in [0, 0.05) is 22.4 Å². The zero-order valence-corrected chi connectivity index (χ0v) is 19.4. The van der Waals surface area contributed by atoms with Gasteiger partial charge in [-0.2, -0.15) is 0 Å². The van der Waals surface area contributed by atoms with Gasteiger partial charge in [-0.15, -0.1) is 0 Å². The van der Waals surface area contributed by atoms with Crippen molar-refractivity contribution in [2.45, 2.75) is 52.5 Å². The van der Waals surface area contributed by atoms with E-state index in [1.165, 1.54) is 0 Å². The molecule has 0 aliphatic carbocycles. The number of anilines is 1. The first-order valence-corrected chi connectivity index (χ1v) is 10.9. The maximum Gasteiger partial charge on any atom is 0.257 e. The average molecular weight is 442 g/mol. The summed E-state index contributed by atoms with van der Waals surface area (Å²) in [5.41, 5.74) is 1.26. The van der Waals surface area contributed by atoms with Crippen LogP contribution in [0.15, 0.2) is 48.5 Å². The number of unbranched alkanes of at least 4 members (excludes halogenated alkanes) is 2. The molecule has 166 valence electrons. The third-order valence-electron chi connectivity index (χ3n) is 4.23. The van der Waals surface area contributed by atoms with Crippen molar-refractivity contribution in [2.24, 2.45) is 0 Å². The largest absolute Gasteiger partial charge is 0.494 e. The monoisotopic (exact) mass is 441 g/mol. The summed E-state index contributed by atoms with van der Waals surface area (Å²) < 4.78 is 5.66. The number of benzene rings is 2. The lowest BCUT2D eigenvalue weighted by molar-refractivity contribution is 0.0918. The molecular formula is C24H31N3O3S. The van der Waals surface area contributed by atoms with Crippen LogP contribution in [0.3, 0.4) is 0 Å². The van der Waals surface area contributed by atoms with E-state index in [1.807, 2.05) is 20.8 Å². The highest BCUT2D eigenvalue weighted by atomic mass is 32.1. The van der Waals surface area contributed by atoms with E-state index in [2.05, 4.69) is 22.9 Å². The normalized spacial score (nSPS) is 10.8. The minimum atomic E-state index is -0.333. The van der Waals surface area contributed by atoms with Crippen LogP contribution >= 0.6 is 12.2 Å².